The average molecular weight is 256 g/mol. The summed E-state index contributed by atoms with van der Waals surface area (Å²) in [7, 11) is 1.82. The molecular formula is C15H13FN2O. The average Bonchev–Trinajstić information content (AvgIpc) is 2.81. The van der Waals surface area contributed by atoms with E-state index in [-0.39, 0.29) is 5.82 Å². The van der Waals surface area contributed by atoms with Crippen LogP contribution in [-0.4, -0.2) is 12.0 Å². The number of anilines is 1. The first-order valence-corrected chi connectivity index (χ1v) is 6.02. The molecule has 3 aromatic rings. The van der Waals surface area contributed by atoms with E-state index in [1.807, 2.05) is 26.1 Å². The largest absolute Gasteiger partial charge is 0.438 e. The normalized spacial score (nSPS) is 10.9. The number of benzene rings is 1. The van der Waals surface area contributed by atoms with Gasteiger partial charge >= 0.3 is 0 Å². The summed E-state index contributed by atoms with van der Waals surface area (Å²) in [6.45, 7) is 1.99. The van der Waals surface area contributed by atoms with Gasteiger partial charge in [-0.2, -0.15) is 4.98 Å². The summed E-state index contributed by atoms with van der Waals surface area (Å²) >= 11 is 0. The van der Waals surface area contributed by atoms with Gasteiger partial charge in [0.05, 0.1) is 0 Å². The van der Waals surface area contributed by atoms with Crippen LogP contribution >= 0.6 is 0 Å². The van der Waals surface area contributed by atoms with Crippen molar-refractivity contribution in [1.29, 1.82) is 0 Å². The van der Waals surface area contributed by atoms with Crippen LogP contribution in [0.4, 0.5) is 10.2 Å². The molecule has 0 atom stereocenters. The lowest BCUT2D eigenvalue weighted by molar-refractivity contribution is 0.615. The molecule has 0 saturated heterocycles. The van der Waals surface area contributed by atoms with Gasteiger partial charge in [0, 0.05) is 18.0 Å². The van der Waals surface area contributed by atoms with Crippen molar-refractivity contribution >= 4 is 16.9 Å². The zero-order valence-corrected chi connectivity index (χ0v) is 10.7. The van der Waals surface area contributed by atoms with Crippen LogP contribution in [0.15, 0.2) is 40.8 Å². The summed E-state index contributed by atoms with van der Waals surface area (Å²) in [4.78, 5) is 4.41. The summed E-state index contributed by atoms with van der Waals surface area (Å²) < 4.78 is 18.6. The van der Waals surface area contributed by atoms with E-state index in [1.165, 1.54) is 12.1 Å². The monoisotopic (exact) mass is 256 g/mol. The molecule has 3 nitrogen and oxygen atoms in total. The molecule has 0 spiro atoms. The molecule has 1 aromatic carbocycles. The standard InChI is InChI=1S/C15H13FN2O/c1-9-7-11-8-13(10-3-5-12(16)6-4-10)19-15(11)18-14(9)17-2/h3-8H,1-2H3,(H,17,18). The van der Waals surface area contributed by atoms with E-state index in [0.717, 1.165) is 22.3 Å². The van der Waals surface area contributed by atoms with Crippen molar-refractivity contribution in [3.05, 3.63) is 47.8 Å². The number of rotatable bonds is 2. The molecular weight excluding hydrogens is 243 g/mol. The van der Waals surface area contributed by atoms with E-state index in [4.69, 9.17) is 4.42 Å². The van der Waals surface area contributed by atoms with E-state index in [1.54, 1.807) is 12.1 Å². The van der Waals surface area contributed by atoms with E-state index < -0.39 is 0 Å². The summed E-state index contributed by atoms with van der Waals surface area (Å²) in [6, 6.07) is 10.2. The van der Waals surface area contributed by atoms with Gasteiger partial charge in [-0.1, -0.05) is 0 Å². The molecule has 0 radical (unpaired) electrons. The molecule has 2 aromatic heterocycles. The van der Waals surface area contributed by atoms with Gasteiger partial charge in [-0.15, -0.1) is 0 Å². The topological polar surface area (TPSA) is 38.1 Å². The number of hydrogen-bond donors (Lipinski definition) is 1. The molecule has 96 valence electrons. The number of fused-ring (bicyclic) bond motifs is 1. The van der Waals surface area contributed by atoms with Crippen molar-refractivity contribution in [2.75, 3.05) is 12.4 Å². The zero-order valence-electron chi connectivity index (χ0n) is 10.7. The maximum absolute atomic E-state index is 12.9. The smallest absolute Gasteiger partial charge is 0.228 e. The highest BCUT2D eigenvalue weighted by atomic mass is 19.1. The fraction of sp³-hybridized carbons (Fsp3) is 0.133. The van der Waals surface area contributed by atoms with Crippen molar-refractivity contribution in [3.63, 3.8) is 0 Å². The summed E-state index contributed by atoms with van der Waals surface area (Å²) in [5.74, 6) is 1.23. The predicted octanol–water partition coefficient (Wildman–Crippen LogP) is 3.98. The number of nitrogens with zero attached hydrogens (tertiary/aromatic N) is 1. The third-order valence-corrected chi connectivity index (χ3v) is 3.06. The van der Waals surface area contributed by atoms with Gasteiger partial charge in [-0.25, -0.2) is 4.39 Å². The minimum absolute atomic E-state index is 0.258. The maximum atomic E-state index is 12.9. The van der Waals surface area contributed by atoms with Gasteiger partial charge in [0.15, 0.2) is 0 Å². The SMILES string of the molecule is CNc1nc2oc(-c3ccc(F)cc3)cc2cc1C. The molecule has 3 rings (SSSR count). The Bertz CT molecular complexity index is 732. The number of hydrogen-bond acceptors (Lipinski definition) is 3. The lowest BCUT2D eigenvalue weighted by Crippen LogP contribution is -1.94. The lowest BCUT2D eigenvalue weighted by atomic mass is 10.1. The van der Waals surface area contributed by atoms with Gasteiger partial charge in [-0.3, -0.25) is 0 Å². The van der Waals surface area contributed by atoms with Gasteiger partial charge in [0.25, 0.3) is 0 Å². The van der Waals surface area contributed by atoms with Gasteiger partial charge in [-0.05, 0) is 48.9 Å². The van der Waals surface area contributed by atoms with Gasteiger partial charge < -0.3 is 9.73 Å². The first kappa shape index (κ1) is 11.7. The highest BCUT2D eigenvalue weighted by Gasteiger charge is 2.09. The number of aromatic nitrogens is 1. The third kappa shape index (κ3) is 2.05. The zero-order chi connectivity index (χ0) is 13.4. The minimum Gasteiger partial charge on any atom is -0.438 e. The Hall–Kier alpha value is -2.36. The Labute approximate surface area is 110 Å². The molecule has 4 heteroatoms. The Morgan fingerprint density at radius 1 is 1.16 bits per heavy atom. The van der Waals surface area contributed by atoms with Crippen LogP contribution < -0.4 is 5.32 Å². The molecule has 0 aliphatic carbocycles. The number of aryl methyl sites for hydroxylation is 1. The quantitative estimate of drug-likeness (QED) is 0.753. The van der Waals surface area contributed by atoms with E-state index in [2.05, 4.69) is 10.3 Å². The predicted molar refractivity (Wildman–Crippen MR) is 73.7 cm³/mol. The molecule has 2 heterocycles. The van der Waals surface area contributed by atoms with Crippen LogP contribution in [0.1, 0.15) is 5.56 Å². The number of furan rings is 1. The maximum Gasteiger partial charge on any atom is 0.228 e. The van der Waals surface area contributed by atoms with Crippen molar-refractivity contribution in [2.24, 2.45) is 0 Å². The van der Waals surface area contributed by atoms with E-state index in [9.17, 15) is 4.39 Å². The molecule has 0 unspecified atom stereocenters. The Balaban J connectivity index is 2.13. The first-order valence-electron chi connectivity index (χ1n) is 6.02. The summed E-state index contributed by atoms with van der Waals surface area (Å²) in [5, 5.41) is 3.96. The number of pyridine rings is 1. The van der Waals surface area contributed by atoms with Crippen molar-refractivity contribution in [2.45, 2.75) is 6.92 Å². The summed E-state index contributed by atoms with van der Waals surface area (Å²) in [6.07, 6.45) is 0. The van der Waals surface area contributed by atoms with Gasteiger partial charge in [0.2, 0.25) is 5.71 Å². The molecule has 0 fully saturated rings. The van der Waals surface area contributed by atoms with Crippen LogP contribution in [0.5, 0.6) is 0 Å². The van der Waals surface area contributed by atoms with Crippen molar-refractivity contribution < 1.29 is 8.81 Å². The number of nitrogens with one attached hydrogen (secondary N) is 1. The van der Waals surface area contributed by atoms with Crippen LogP contribution in [0, 0.1) is 12.7 Å². The molecule has 19 heavy (non-hydrogen) atoms. The Morgan fingerprint density at radius 2 is 1.89 bits per heavy atom. The fourth-order valence-electron chi connectivity index (χ4n) is 2.09. The molecule has 1 N–H and O–H groups in total. The third-order valence-electron chi connectivity index (χ3n) is 3.06. The van der Waals surface area contributed by atoms with Crippen molar-refractivity contribution in [3.8, 4) is 11.3 Å². The Kier molecular flexibility index (Phi) is 2.71. The lowest BCUT2D eigenvalue weighted by Gasteiger charge is -2.01. The second kappa shape index (κ2) is 4.39. The second-order valence-corrected chi connectivity index (χ2v) is 4.42. The molecule has 0 bridgehead atoms. The van der Waals surface area contributed by atoms with E-state index >= 15 is 0 Å². The molecule has 0 aliphatic rings. The molecule has 0 amide bonds. The second-order valence-electron chi connectivity index (χ2n) is 4.42. The molecule has 0 aliphatic heterocycles. The van der Waals surface area contributed by atoms with Crippen molar-refractivity contribution in [1.82, 2.24) is 4.98 Å². The van der Waals surface area contributed by atoms with E-state index in [0.29, 0.717) is 11.5 Å². The highest BCUT2D eigenvalue weighted by Crippen LogP contribution is 2.29. The van der Waals surface area contributed by atoms with Crippen LogP contribution in [0.2, 0.25) is 0 Å². The Morgan fingerprint density at radius 3 is 2.58 bits per heavy atom. The van der Waals surface area contributed by atoms with Crippen LogP contribution in [0.25, 0.3) is 22.4 Å². The number of halogens is 1. The first-order chi connectivity index (χ1) is 9.17. The van der Waals surface area contributed by atoms with Crippen LogP contribution in [0.3, 0.4) is 0 Å². The summed E-state index contributed by atoms with van der Waals surface area (Å²) in [5.41, 5.74) is 2.47. The fourth-order valence-corrected chi connectivity index (χ4v) is 2.09. The highest BCUT2D eigenvalue weighted by molar-refractivity contribution is 5.82. The van der Waals surface area contributed by atoms with Gasteiger partial charge in [0.1, 0.15) is 17.4 Å². The molecule has 0 saturated carbocycles. The van der Waals surface area contributed by atoms with Crippen LogP contribution in [-0.2, 0) is 0 Å². The minimum atomic E-state index is -0.258.